The Hall–Kier alpha value is -3.16. The first kappa shape index (κ1) is 22.6. The van der Waals surface area contributed by atoms with E-state index < -0.39 is 0 Å². The molecule has 0 saturated heterocycles. The number of carbonyl (C=O) groups excluding carboxylic acids is 2. The first-order valence-corrected chi connectivity index (χ1v) is 11.8. The number of amides is 1. The van der Waals surface area contributed by atoms with Crippen molar-refractivity contribution in [2.24, 2.45) is 5.92 Å². The molecule has 0 spiro atoms. The third-order valence-corrected chi connectivity index (χ3v) is 6.75. The molecule has 174 valence electrons. The van der Waals surface area contributed by atoms with Gasteiger partial charge in [-0.05, 0) is 67.5 Å². The molecular weight excluding hydrogens is 475 g/mol. The van der Waals surface area contributed by atoms with Crippen LogP contribution in [0.3, 0.4) is 0 Å². The Kier molecular flexibility index (Phi) is 6.15. The molecule has 1 aromatic heterocycles. The van der Waals surface area contributed by atoms with Crippen molar-refractivity contribution in [3.05, 3.63) is 69.3 Å². The molecule has 0 bridgehead atoms. The van der Waals surface area contributed by atoms with Crippen molar-refractivity contribution in [2.75, 3.05) is 16.9 Å². The monoisotopic (exact) mass is 496 g/mol. The predicted molar refractivity (Wildman–Crippen MR) is 131 cm³/mol. The number of hydrogen-bond donors (Lipinski definition) is 1. The molecule has 2 heterocycles. The second-order valence-corrected chi connectivity index (χ2v) is 9.43. The van der Waals surface area contributed by atoms with Gasteiger partial charge in [0.1, 0.15) is 11.3 Å². The smallest absolute Gasteiger partial charge is 0.268 e. The van der Waals surface area contributed by atoms with Gasteiger partial charge >= 0.3 is 0 Å². The van der Waals surface area contributed by atoms with Gasteiger partial charge in [0.2, 0.25) is 11.8 Å². The molecule has 7 nitrogen and oxygen atoms in total. The zero-order valence-electron chi connectivity index (χ0n) is 18.5. The Morgan fingerprint density at radius 2 is 2.00 bits per heavy atom. The lowest BCUT2D eigenvalue weighted by Gasteiger charge is -2.29. The summed E-state index contributed by atoms with van der Waals surface area (Å²) in [6, 6.07) is 11.2. The van der Waals surface area contributed by atoms with Crippen molar-refractivity contribution in [2.45, 2.75) is 32.6 Å². The molecule has 34 heavy (non-hydrogen) atoms. The van der Waals surface area contributed by atoms with Crippen LogP contribution in [0.4, 0.5) is 17.3 Å². The number of para-hydroxylation sites is 1. The Morgan fingerprint density at radius 3 is 2.76 bits per heavy atom. The van der Waals surface area contributed by atoms with Gasteiger partial charge in [0.05, 0.1) is 15.7 Å². The fraction of sp³-hybridized carbons (Fsp3) is 0.280. The molecule has 9 heteroatoms. The molecule has 5 rings (SSSR count). The number of fused-ring (bicyclic) bond motifs is 2. The average Bonchev–Trinajstić information content (AvgIpc) is 2.80. The molecule has 0 fully saturated rings. The van der Waals surface area contributed by atoms with Gasteiger partial charge in [0.15, 0.2) is 6.73 Å². The van der Waals surface area contributed by atoms with Gasteiger partial charge in [-0.3, -0.25) is 9.69 Å². The van der Waals surface area contributed by atoms with Gasteiger partial charge in [0.25, 0.3) is 5.91 Å². The molecule has 2 aromatic carbocycles. The number of hydrogen-bond acceptors (Lipinski definition) is 6. The van der Waals surface area contributed by atoms with Crippen molar-refractivity contribution in [3.8, 4) is 5.88 Å². The maximum Gasteiger partial charge on any atom is 0.268 e. The Morgan fingerprint density at radius 1 is 1.21 bits per heavy atom. The van der Waals surface area contributed by atoms with E-state index in [0.717, 1.165) is 24.9 Å². The third kappa shape index (κ3) is 4.45. The standard InChI is InChI=1S/C25H22Cl2N4O3/c1-14(32)9-15-5-6-17-11-18(8-7-16(17)10-15)29-25-28-12-19-23(30-25)34-13-31(24(19)33)22-20(26)3-2-4-21(22)27/h2-4,7-8,11-12,15H,5-6,9-10,13H2,1H3,(H,28,29,30). The third-order valence-electron chi connectivity index (χ3n) is 6.14. The molecule has 2 aliphatic rings. The van der Waals surface area contributed by atoms with Crippen LogP contribution >= 0.6 is 23.2 Å². The number of ether oxygens (including phenoxy) is 1. The van der Waals surface area contributed by atoms with Crippen molar-refractivity contribution in [1.82, 2.24) is 9.97 Å². The number of benzene rings is 2. The van der Waals surface area contributed by atoms with E-state index in [4.69, 9.17) is 27.9 Å². The zero-order chi connectivity index (χ0) is 23.8. The summed E-state index contributed by atoms with van der Waals surface area (Å²) >= 11 is 12.5. The van der Waals surface area contributed by atoms with Crippen molar-refractivity contribution in [3.63, 3.8) is 0 Å². The average molecular weight is 497 g/mol. The van der Waals surface area contributed by atoms with Crippen LogP contribution in [0, 0.1) is 5.92 Å². The topological polar surface area (TPSA) is 84.4 Å². The van der Waals surface area contributed by atoms with Crippen LogP contribution in [0.1, 0.15) is 41.3 Å². The van der Waals surface area contributed by atoms with Crippen molar-refractivity contribution < 1.29 is 14.3 Å². The molecule has 0 saturated carbocycles. The van der Waals surface area contributed by atoms with Gasteiger partial charge in [-0.15, -0.1) is 0 Å². The number of Topliss-reactive ketones (excluding diaryl/α,β-unsaturated/α-hetero) is 1. The number of ketones is 1. The quantitative estimate of drug-likeness (QED) is 0.494. The highest BCUT2D eigenvalue weighted by Gasteiger charge is 2.31. The van der Waals surface area contributed by atoms with Crippen LogP contribution in [0.2, 0.25) is 10.0 Å². The highest BCUT2D eigenvalue weighted by Crippen LogP contribution is 2.37. The van der Waals surface area contributed by atoms with E-state index in [1.165, 1.54) is 22.2 Å². The first-order valence-electron chi connectivity index (χ1n) is 11.0. The van der Waals surface area contributed by atoms with Crippen LogP contribution in [0.5, 0.6) is 5.88 Å². The molecule has 3 aromatic rings. The second-order valence-electron chi connectivity index (χ2n) is 8.61. The zero-order valence-corrected chi connectivity index (χ0v) is 20.0. The summed E-state index contributed by atoms with van der Waals surface area (Å²) in [5, 5.41) is 3.91. The molecule has 1 atom stereocenters. The van der Waals surface area contributed by atoms with Crippen molar-refractivity contribution in [1.29, 1.82) is 0 Å². The first-order chi connectivity index (χ1) is 16.4. The number of aryl methyl sites for hydroxylation is 1. The van der Waals surface area contributed by atoms with E-state index in [1.54, 1.807) is 25.1 Å². The SMILES string of the molecule is CC(=O)CC1CCc2cc(Nc3ncc4c(n3)OCN(c3c(Cl)cccc3Cl)C4=O)ccc2C1. The molecule has 1 aliphatic carbocycles. The fourth-order valence-electron chi connectivity index (χ4n) is 4.54. The molecular formula is C25H22Cl2N4O3. The summed E-state index contributed by atoms with van der Waals surface area (Å²) in [5.74, 6) is 0.863. The van der Waals surface area contributed by atoms with Gasteiger partial charge in [-0.2, -0.15) is 4.98 Å². The van der Waals surface area contributed by atoms with E-state index in [2.05, 4.69) is 27.4 Å². The summed E-state index contributed by atoms with van der Waals surface area (Å²) in [6.07, 6.45) is 4.95. The number of nitrogens with one attached hydrogen (secondary N) is 1. The van der Waals surface area contributed by atoms with E-state index in [9.17, 15) is 9.59 Å². The lowest BCUT2D eigenvalue weighted by atomic mass is 9.81. The Balaban J connectivity index is 1.33. The Bertz CT molecular complexity index is 1280. The Labute approximate surface area is 207 Å². The number of rotatable bonds is 5. The number of anilines is 3. The maximum atomic E-state index is 13.1. The predicted octanol–water partition coefficient (Wildman–Crippen LogP) is 5.61. The minimum Gasteiger partial charge on any atom is -0.455 e. The molecule has 1 unspecified atom stereocenters. The van der Waals surface area contributed by atoms with E-state index >= 15 is 0 Å². The summed E-state index contributed by atoms with van der Waals surface area (Å²) in [7, 11) is 0. The summed E-state index contributed by atoms with van der Waals surface area (Å²) in [6.45, 7) is 1.59. The lowest BCUT2D eigenvalue weighted by Crippen LogP contribution is -2.39. The largest absolute Gasteiger partial charge is 0.455 e. The fourth-order valence-corrected chi connectivity index (χ4v) is 5.15. The summed E-state index contributed by atoms with van der Waals surface area (Å²) in [4.78, 5) is 34.6. The number of carbonyl (C=O) groups is 2. The van der Waals surface area contributed by atoms with E-state index in [-0.39, 0.29) is 29.9 Å². The van der Waals surface area contributed by atoms with Gasteiger partial charge < -0.3 is 14.8 Å². The number of aromatic nitrogens is 2. The minimum absolute atomic E-state index is 0.0635. The molecule has 1 aliphatic heterocycles. The normalized spacial score (nSPS) is 17.0. The van der Waals surface area contributed by atoms with Crippen LogP contribution in [-0.2, 0) is 17.6 Å². The number of halogens is 2. The number of nitrogens with zero attached hydrogens (tertiary/aromatic N) is 3. The highest BCUT2D eigenvalue weighted by molar-refractivity contribution is 6.40. The van der Waals surface area contributed by atoms with Gasteiger partial charge in [0, 0.05) is 18.3 Å². The van der Waals surface area contributed by atoms with Gasteiger partial charge in [-0.25, -0.2) is 4.98 Å². The molecule has 1 N–H and O–H groups in total. The van der Waals surface area contributed by atoms with Crippen LogP contribution in [0.15, 0.2) is 42.6 Å². The maximum absolute atomic E-state index is 13.1. The van der Waals surface area contributed by atoms with E-state index in [1.807, 2.05) is 6.07 Å². The highest BCUT2D eigenvalue weighted by atomic mass is 35.5. The van der Waals surface area contributed by atoms with Crippen LogP contribution < -0.4 is 15.0 Å². The molecule has 0 radical (unpaired) electrons. The van der Waals surface area contributed by atoms with Crippen molar-refractivity contribution >= 4 is 52.2 Å². The lowest BCUT2D eigenvalue weighted by molar-refractivity contribution is -0.117. The van der Waals surface area contributed by atoms with Crippen LogP contribution in [-0.4, -0.2) is 28.4 Å². The van der Waals surface area contributed by atoms with Gasteiger partial charge in [-0.1, -0.05) is 35.3 Å². The second kappa shape index (κ2) is 9.24. The molecule has 1 amide bonds. The van der Waals surface area contributed by atoms with Crippen LogP contribution in [0.25, 0.3) is 0 Å². The minimum atomic E-state index is -0.336. The summed E-state index contributed by atoms with van der Waals surface area (Å²) < 4.78 is 5.75. The summed E-state index contributed by atoms with van der Waals surface area (Å²) in [5.41, 5.74) is 4.02. The van der Waals surface area contributed by atoms with E-state index in [0.29, 0.717) is 34.0 Å².